The number of nitrogens with zero attached hydrogens (tertiary/aromatic N) is 2. The van der Waals surface area contributed by atoms with E-state index in [0.29, 0.717) is 5.95 Å². The highest BCUT2D eigenvalue weighted by atomic mass is 19.4. The fraction of sp³-hybridized carbons (Fsp3) is 0.231. The molecule has 20 heavy (non-hydrogen) atoms. The van der Waals surface area contributed by atoms with Gasteiger partial charge in [-0.3, -0.25) is 0 Å². The van der Waals surface area contributed by atoms with Crippen LogP contribution in [0.2, 0.25) is 0 Å². The molecule has 4 nitrogen and oxygen atoms in total. The molecule has 1 atom stereocenters. The van der Waals surface area contributed by atoms with Crippen molar-refractivity contribution in [2.24, 2.45) is 0 Å². The van der Waals surface area contributed by atoms with Crippen molar-refractivity contribution in [1.29, 1.82) is 0 Å². The second-order valence-corrected chi connectivity index (χ2v) is 4.09. The summed E-state index contributed by atoms with van der Waals surface area (Å²) < 4.78 is 37.7. The molecule has 2 aromatic rings. The summed E-state index contributed by atoms with van der Waals surface area (Å²) in [5.41, 5.74) is -0.603. The number of aliphatic hydroxyl groups excluding tert-OH is 1. The van der Waals surface area contributed by atoms with Crippen LogP contribution in [0.15, 0.2) is 42.7 Å². The molecule has 1 aromatic carbocycles. The Hall–Kier alpha value is -2.15. The minimum Gasteiger partial charge on any atom is -0.387 e. The number of alkyl halides is 3. The summed E-state index contributed by atoms with van der Waals surface area (Å²) >= 11 is 0. The number of benzene rings is 1. The van der Waals surface area contributed by atoms with Crippen LogP contribution in [0.5, 0.6) is 0 Å². The molecule has 0 bridgehead atoms. The Morgan fingerprint density at radius 3 is 2.50 bits per heavy atom. The zero-order valence-electron chi connectivity index (χ0n) is 10.3. The average molecular weight is 283 g/mol. The van der Waals surface area contributed by atoms with Crippen molar-refractivity contribution in [2.45, 2.75) is 12.3 Å². The average Bonchev–Trinajstić information content (AvgIpc) is 2.45. The van der Waals surface area contributed by atoms with Gasteiger partial charge < -0.3 is 10.4 Å². The van der Waals surface area contributed by atoms with Gasteiger partial charge in [0, 0.05) is 18.9 Å². The van der Waals surface area contributed by atoms with E-state index in [2.05, 4.69) is 15.3 Å². The molecule has 2 N–H and O–H groups in total. The Morgan fingerprint density at radius 1 is 1.15 bits per heavy atom. The van der Waals surface area contributed by atoms with Crippen molar-refractivity contribution >= 4 is 5.95 Å². The summed E-state index contributed by atoms with van der Waals surface area (Å²) in [6.45, 7) is 0.0192. The number of hydrogen-bond donors (Lipinski definition) is 2. The maximum atomic E-state index is 12.6. The number of nitrogens with one attached hydrogen (secondary N) is 1. The summed E-state index contributed by atoms with van der Waals surface area (Å²) in [6, 6.07) is 6.23. The topological polar surface area (TPSA) is 58.0 Å². The summed E-state index contributed by atoms with van der Waals surface area (Å²) in [5, 5.41) is 12.6. The first-order chi connectivity index (χ1) is 9.47. The standard InChI is InChI=1S/C13H12F3N3O/c14-13(15,16)10-4-1-3-9(7-10)11(20)8-19-12-17-5-2-6-18-12/h1-7,11,20H,8H2,(H,17,18,19)/t11-/m0/s1. The van der Waals surface area contributed by atoms with E-state index in [4.69, 9.17) is 0 Å². The number of aliphatic hydroxyl groups is 1. The molecule has 7 heteroatoms. The molecule has 1 heterocycles. The van der Waals surface area contributed by atoms with Crippen LogP contribution in [0.4, 0.5) is 19.1 Å². The monoisotopic (exact) mass is 283 g/mol. The highest BCUT2D eigenvalue weighted by molar-refractivity contribution is 5.29. The molecule has 0 unspecified atom stereocenters. The molecule has 0 aliphatic carbocycles. The zero-order chi connectivity index (χ0) is 14.6. The van der Waals surface area contributed by atoms with E-state index in [9.17, 15) is 18.3 Å². The number of hydrogen-bond acceptors (Lipinski definition) is 4. The van der Waals surface area contributed by atoms with Crippen LogP contribution < -0.4 is 5.32 Å². The van der Waals surface area contributed by atoms with Crippen molar-refractivity contribution in [3.8, 4) is 0 Å². The Morgan fingerprint density at radius 2 is 1.85 bits per heavy atom. The van der Waals surface area contributed by atoms with Gasteiger partial charge in [0.25, 0.3) is 0 Å². The molecule has 0 aliphatic heterocycles. The van der Waals surface area contributed by atoms with Crippen LogP contribution in [0.25, 0.3) is 0 Å². The quantitative estimate of drug-likeness (QED) is 0.905. The summed E-state index contributed by atoms with van der Waals surface area (Å²) in [7, 11) is 0. The second kappa shape index (κ2) is 5.87. The van der Waals surface area contributed by atoms with E-state index in [1.165, 1.54) is 24.5 Å². The molecule has 106 valence electrons. The summed E-state index contributed by atoms with van der Waals surface area (Å²) in [4.78, 5) is 7.78. The van der Waals surface area contributed by atoms with Crippen LogP contribution in [0.3, 0.4) is 0 Å². The normalized spacial score (nSPS) is 13.0. The van der Waals surface area contributed by atoms with Crippen molar-refractivity contribution < 1.29 is 18.3 Å². The highest BCUT2D eigenvalue weighted by Gasteiger charge is 2.30. The van der Waals surface area contributed by atoms with Gasteiger partial charge in [-0.05, 0) is 23.8 Å². The van der Waals surface area contributed by atoms with Gasteiger partial charge in [-0.15, -0.1) is 0 Å². The van der Waals surface area contributed by atoms with E-state index < -0.39 is 17.8 Å². The molecule has 1 aromatic heterocycles. The SMILES string of the molecule is O[C@@H](CNc1ncccn1)c1cccc(C(F)(F)F)c1. The molecule has 0 radical (unpaired) electrons. The number of rotatable bonds is 4. The van der Waals surface area contributed by atoms with Gasteiger partial charge in [0.2, 0.25) is 5.95 Å². The van der Waals surface area contributed by atoms with E-state index in [1.54, 1.807) is 6.07 Å². The Labute approximate surface area is 113 Å². The third kappa shape index (κ3) is 3.67. The van der Waals surface area contributed by atoms with Crippen LogP contribution in [0.1, 0.15) is 17.2 Å². The Kier molecular flexibility index (Phi) is 4.19. The van der Waals surface area contributed by atoms with Gasteiger partial charge in [0.05, 0.1) is 11.7 Å². The smallest absolute Gasteiger partial charge is 0.387 e. The molecular formula is C13H12F3N3O. The van der Waals surface area contributed by atoms with Crippen molar-refractivity contribution in [2.75, 3.05) is 11.9 Å². The third-order valence-electron chi connectivity index (χ3n) is 2.62. The molecule has 0 saturated heterocycles. The van der Waals surface area contributed by atoms with Gasteiger partial charge in [-0.25, -0.2) is 9.97 Å². The maximum Gasteiger partial charge on any atom is 0.416 e. The minimum atomic E-state index is -4.42. The maximum absolute atomic E-state index is 12.6. The van der Waals surface area contributed by atoms with E-state index in [0.717, 1.165) is 12.1 Å². The molecule has 0 aliphatic rings. The predicted octanol–water partition coefficient (Wildman–Crippen LogP) is 2.64. The van der Waals surface area contributed by atoms with Crippen molar-refractivity contribution in [3.63, 3.8) is 0 Å². The number of aromatic nitrogens is 2. The van der Waals surface area contributed by atoms with Gasteiger partial charge in [0.1, 0.15) is 0 Å². The molecule has 0 saturated carbocycles. The van der Waals surface area contributed by atoms with Gasteiger partial charge >= 0.3 is 6.18 Å². The lowest BCUT2D eigenvalue weighted by atomic mass is 10.1. The van der Waals surface area contributed by atoms with Gasteiger partial charge in [-0.2, -0.15) is 13.2 Å². The van der Waals surface area contributed by atoms with Crippen LogP contribution >= 0.6 is 0 Å². The first-order valence-corrected chi connectivity index (χ1v) is 5.83. The molecular weight excluding hydrogens is 271 g/mol. The molecule has 2 rings (SSSR count). The van der Waals surface area contributed by atoms with Gasteiger partial charge in [-0.1, -0.05) is 12.1 Å². The van der Waals surface area contributed by atoms with E-state index >= 15 is 0 Å². The van der Waals surface area contributed by atoms with Crippen LogP contribution in [-0.2, 0) is 6.18 Å². The van der Waals surface area contributed by atoms with Gasteiger partial charge in [0.15, 0.2) is 0 Å². The first-order valence-electron chi connectivity index (χ1n) is 5.83. The van der Waals surface area contributed by atoms with E-state index in [1.807, 2.05) is 0 Å². The fourth-order valence-electron chi connectivity index (χ4n) is 1.62. The lowest BCUT2D eigenvalue weighted by Gasteiger charge is -2.14. The first kappa shape index (κ1) is 14.3. The number of anilines is 1. The molecule has 0 amide bonds. The van der Waals surface area contributed by atoms with Crippen LogP contribution in [0, 0.1) is 0 Å². The zero-order valence-corrected chi connectivity index (χ0v) is 10.3. The highest BCUT2D eigenvalue weighted by Crippen LogP contribution is 2.30. The second-order valence-electron chi connectivity index (χ2n) is 4.09. The summed E-state index contributed by atoms with van der Waals surface area (Å²) in [6.07, 6.45) is -2.47. The summed E-state index contributed by atoms with van der Waals surface area (Å²) in [5.74, 6) is 0.304. The minimum absolute atomic E-state index is 0.0192. The molecule has 0 fully saturated rings. The Balaban J connectivity index is 2.04. The van der Waals surface area contributed by atoms with Crippen molar-refractivity contribution in [3.05, 3.63) is 53.9 Å². The molecule has 0 spiro atoms. The third-order valence-corrected chi connectivity index (χ3v) is 2.62. The lowest BCUT2D eigenvalue weighted by Crippen LogP contribution is -2.14. The number of halogens is 3. The van der Waals surface area contributed by atoms with E-state index in [-0.39, 0.29) is 12.1 Å². The Bertz CT molecular complexity index is 560. The predicted molar refractivity (Wildman–Crippen MR) is 66.9 cm³/mol. The lowest BCUT2D eigenvalue weighted by molar-refractivity contribution is -0.137. The largest absolute Gasteiger partial charge is 0.416 e. The van der Waals surface area contributed by atoms with Crippen molar-refractivity contribution in [1.82, 2.24) is 9.97 Å². The fourth-order valence-corrected chi connectivity index (χ4v) is 1.62. The van der Waals surface area contributed by atoms with Crippen LogP contribution in [-0.4, -0.2) is 21.6 Å².